The summed E-state index contributed by atoms with van der Waals surface area (Å²) in [4.78, 5) is 10.7. The number of aliphatic hydroxyl groups is 1. The molecule has 1 aliphatic rings. The largest absolute Gasteiger partial charge is 0.381 e. The monoisotopic (exact) mass is 372 g/mol. The zero-order valence-electron chi connectivity index (χ0n) is 6.57. The maximum atomic E-state index is 10.7. The van der Waals surface area contributed by atoms with E-state index in [1.165, 1.54) is 7.11 Å². The van der Waals surface area contributed by atoms with E-state index < -0.39 is 6.23 Å². The summed E-state index contributed by atoms with van der Waals surface area (Å²) < 4.78 is 4.87. The van der Waals surface area contributed by atoms with Gasteiger partial charge in [0.1, 0.15) is 12.1 Å². The van der Waals surface area contributed by atoms with E-state index in [4.69, 9.17) is 9.84 Å². The van der Waals surface area contributed by atoms with E-state index in [1.54, 1.807) is 6.92 Å². The van der Waals surface area contributed by atoms with Gasteiger partial charge in [-0.3, -0.25) is 4.79 Å². The second kappa shape index (κ2) is 4.76. The molecule has 4 nitrogen and oxygen atoms in total. The summed E-state index contributed by atoms with van der Waals surface area (Å²) in [7, 11) is 1.52. The second-order valence-electron chi connectivity index (χ2n) is 2.42. The molecule has 1 amide bonds. The Kier molecular flexibility index (Phi) is 5.12. The minimum Gasteiger partial charge on any atom is -0.381 e. The van der Waals surface area contributed by atoms with Gasteiger partial charge in [-0.25, -0.2) is 0 Å². The van der Waals surface area contributed by atoms with Crippen molar-refractivity contribution >= 4 is 5.91 Å². The van der Waals surface area contributed by atoms with Crippen molar-refractivity contribution < 1.29 is 58.7 Å². The molecular weight excluding hydrogens is 361 g/mol. The number of methoxy groups -OCH3 is 1. The van der Waals surface area contributed by atoms with Crippen LogP contribution in [0, 0.1) is 50.0 Å². The van der Waals surface area contributed by atoms with Gasteiger partial charge in [0.2, 0.25) is 5.91 Å². The molecule has 0 bridgehead atoms. The van der Waals surface area contributed by atoms with Gasteiger partial charge in [0.15, 0.2) is 0 Å². The number of carbonyl (C=O) groups excluding carboxylic acids is 1. The normalized spacial score (nSPS) is 31.4. The molecule has 3 unspecified atom stereocenters. The molecule has 0 spiro atoms. The molecule has 0 aliphatic carbocycles. The first-order chi connectivity index (χ1) is 4.66. The Labute approximate surface area is 101 Å². The Morgan fingerprint density at radius 2 is 2.27 bits per heavy atom. The van der Waals surface area contributed by atoms with Crippen molar-refractivity contribution in [3.8, 4) is 0 Å². The summed E-state index contributed by atoms with van der Waals surface area (Å²) in [6.45, 7) is 1.76. The van der Waals surface area contributed by atoms with Crippen molar-refractivity contribution in [2.75, 3.05) is 7.11 Å². The van der Waals surface area contributed by atoms with E-state index >= 15 is 0 Å². The van der Waals surface area contributed by atoms with E-state index in [9.17, 15) is 4.79 Å². The number of ether oxygens (including phenoxy) is 1. The summed E-state index contributed by atoms with van der Waals surface area (Å²) >= 11 is 0. The number of amides is 1. The van der Waals surface area contributed by atoms with Crippen LogP contribution in [0.4, 0.5) is 0 Å². The van der Waals surface area contributed by atoms with E-state index in [0.717, 1.165) is 0 Å². The van der Waals surface area contributed by atoms with Crippen LogP contribution < -0.4 is 5.32 Å². The van der Waals surface area contributed by atoms with Gasteiger partial charge >= 0.3 is 0 Å². The number of carbonyl (C=O) groups is 1. The summed E-state index contributed by atoms with van der Waals surface area (Å²) in [6, 6.07) is 0. The Balaban J connectivity index is 0.000001000. The van der Waals surface area contributed by atoms with Gasteiger partial charge in [0.05, 0.1) is 6.10 Å². The number of aliphatic hydroxyl groups excluding tert-OH is 1. The molecule has 5 heteroatoms. The topological polar surface area (TPSA) is 58.6 Å². The van der Waals surface area contributed by atoms with Gasteiger partial charge in [0.25, 0.3) is 0 Å². The van der Waals surface area contributed by atoms with Crippen LogP contribution in [0.3, 0.4) is 0 Å². The van der Waals surface area contributed by atoms with E-state index in [1.807, 2.05) is 0 Å². The van der Waals surface area contributed by atoms with Crippen molar-refractivity contribution in [2.45, 2.75) is 19.3 Å². The summed E-state index contributed by atoms with van der Waals surface area (Å²) in [6.07, 6.45) is -0.925. The Morgan fingerprint density at radius 3 is 2.45 bits per heavy atom. The quantitative estimate of drug-likeness (QED) is 0.617. The molecule has 0 aromatic carbocycles. The van der Waals surface area contributed by atoms with Crippen LogP contribution in [0.25, 0.3) is 0 Å². The van der Waals surface area contributed by atoms with Crippen LogP contribution >= 0.6 is 0 Å². The van der Waals surface area contributed by atoms with E-state index in [-0.39, 0.29) is 62.0 Å². The zero-order chi connectivity index (χ0) is 7.72. The molecule has 1 radical (unpaired) electrons. The molecule has 2 N–H and O–H groups in total. The third kappa shape index (κ3) is 2.38. The smallest absolute Gasteiger partial charge is 0.232 e. The molecule has 1 rings (SSSR count). The van der Waals surface area contributed by atoms with Gasteiger partial charge in [-0.15, -0.1) is 0 Å². The van der Waals surface area contributed by atoms with Gasteiger partial charge in [0, 0.05) is 51.2 Å². The molecule has 0 aromatic rings. The molecule has 1 saturated heterocycles. The van der Waals surface area contributed by atoms with Gasteiger partial charge in [-0.2, -0.15) is 0 Å². The molecule has 1 aliphatic heterocycles. The Hall–Kier alpha value is 0.832. The van der Waals surface area contributed by atoms with Crippen LogP contribution in [-0.2, 0) is 9.53 Å². The van der Waals surface area contributed by atoms with Crippen LogP contribution in [0.15, 0.2) is 0 Å². The molecule has 1 heterocycles. The Bertz CT molecular complexity index is 153. The van der Waals surface area contributed by atoms with Gasteiger partial charge in [-0.05, 0) is 6.92 Å². The van der Waals surface area contributed by atoms with Crippen molar-refractivity contribution in [3.63, 3.8) is 0 Å². The van der Waals surface area contributed by atoms with Crippen LogP contribution in [0.1, 0.15) is 6.92 Å². The summed E-state index contributed by atoms with van der Waals surface area (Å²) in [5.74, 6) is -0.521. The molecule has 11 heavy (non-hydrogen) atoms. The molecule has 0 aromatic heterocycles. The van der Waals surface area contributed by atoms with Crippen molar-refractivity contribution in [3.05, 3.63) is 0 Å². The average molecular weight is 372 g/mol. The summed E-state index contributed by atoms with van der Waals surface area (Å²) in [5, 5.41) is 11.3. The van der Waals surface area contributed by atoms with Crippen LogP contribution in [-0.4, -0.2) is 30.5 Å². The van der Waals surface area contributed by atoms with Crippen LogP contribution in [0.2, 0.25) is 0 Å². The van der Waals surface area contributed by atoms with Gasteiger partial charge in [-0.1, -0.05) is 0 Å². The third-order valence-corrected chi connectivity index (χ3v) is 1.81. The Morgan fingerprint density at radius 1 is 1.73 bits per heavy atom. The van der Waals surface area contributed by atoms with Crippen molar-refractivity contribution in [1.29, 1.82) is 0 Å². The minimum atomic E-state index is -0.720. The standard InChI is InChI=1S/C6H11NO3.Ac/c1-3(10-2)4-5(8)7-6(4)9;/h3-5,8H,1-2H3,(H,7,9);. The average Bonchev–Trinajstić information content (AvgIpc) is 1.87. The molecule has 0 saturated carbocycles. The number of nitrogens with one attached hydrogen (secondary N) is 1. The van der Waals surface area contributed by atoms with Crippen LogP contribution in [0.5, 0.6) is 0 Å². The predicted octanol–water partition coefficient (Wildman–Crippen LogP) is -0.914. The zero-order valence-corrected chi connectivity index (χ0v) is 11.3. The third-order valence-electron chi connectivity index (χ3n) is 1.81. The molecule has 3 atom stereocenters. The first kappa shape index (κ1) is 11.8. The van der Waals surface area contributed by atoms with Crippen molar-refractivity contribution in [2.24, 2.45) is 5.92 Å². The fraction of sp³-hybridized carbons (Fsp3) is 0.833. The predicted molar refractivity (Wildman–Crippen MR) is 34.1 cm³/mol. The van der Waals surface area contributed by atoms with Gasteiger partial charge < -0.3 is 15.2 Å². The summed E-state index contributed by atoms with van der Waals surface area (Å²) in [5.41, 5.74) is 0. The second-order valence-corrected chi connectivity index (χ2v) is 2.42. The number of rotatable bonds is 2. The fourth-order valence-corrected chi connectivity index (χ4v) is 0.995. The number of hydrogen-bond donors (Lipinski definition) is 2. The number of hydrogen-bond acceptors (Lipinski definition) is 3. The molecule has 61 valence electrons. The SMILES string of the molecule is COC(C)C1C(=O)NC1O.[Ac]. The molecular formula is C6H11AcNO3. The first-order valence-corrected chi connectivity index (χ1v) is 3.18. The first-order valence-electron chi connectivity index (χ1n) is 3.18. The maximum absolute atomic E-state index is 10.7. The minimum absolute atomic E-state index is 0. The fourth-order valence-electron chi connectivity index (χ4n) is 0.995. The van der Waals surface area contributed by atoms with E-state index in [0.29, 0.717) is 0 Å². The van der Waals surface area contributed by atoms with Crippen molar-refractivity contribution in [1.82, 2.24) is 5.32 Å². The maximum Gasteiger partial charge on any atom is 0.232 e. The number of β-lactam (4-membered cyclic amide) rings is 1. The molecule has 1 fully saturated rings. The van der Waals surface area contributed by atoms with E-state index in [2.05, 4.69) is 5.32 Å².